The minimum Gasteiger partial charge on any atom is -0.479 e. The smallest absolute Gasteiger partial charge is 0.332 e. The number of hydrogen-bond acceptors (Lipinski definition) is 2. The highest BCUT2D eigenvalue weighted by Crippen LogP contribution is 2.49. The number of carbonyl (C=O) groups is 1. The van der Waals surface area contributed by atoms with E-state index >= 15 is 0 Å². The molecule has 0 aromatic rings. The fraction of sp³-hybridized carbons (Fsp3) is 0.875. The van der Waals surface area contributed by atoms with Gasteiger partial charge < -0.3 is 9.84 Å². The van der Waals surface area contributed by atoms with Gasteiger partial charge >= 0.3 is 5.97 Å². The minimum atomic E-state index is -0.797. The van der Waals surface area contributed by atoms with E-state index in [0.29, 0.717) is 6.61 Å². The van der Waals surface area contributed by atoms with E-state index in [0.717, 1.165) is 19.3 Å². The number of carboxylic acids is 1. The van der Waals surface area contributed by atoms with Crippen molar-refractivity contribution in [1.82, 2.24) is 0 Å². The molecule has 1 spiro atoms. The molecule has 0 aromatic heterocycles. The Morgan fingerprint density at radius 2 is 2.27 bits per heavy atom. The van der Waals surface area contributed by atoms with Crippen LogP contribution in [0.25, 0.3) is 0 Å². The second kappa shape index (κ2) is 2.21. The fourth-order valence-corrected chi connectivity index (χ4v) is 1.97. The summed E-state index contributed by atoms with van der Waals surface area (Å²) in [5, 5.41) is 8.64. The van der Waals surface area contributed by atoms with Gasteiger partial charge in [0.25, 0.3) is 0 Å². The fourth-order valence-electron chi connectivity index (χ4n) is 1.97. The van der Waals surface area contributed by atoms with Crippen molar-refractivity contribution in [2.24, 2.45) is 5.41 Å². The molecule has 11 heavy (non-hydrogen) atoms. The first-order chi connectivity index (χ1) is 5.22. The van der Waals surface area contributed by atoms with Crippen molar-refractivity contribution in [3.63, 3.8) is 0 Å². The van der Waals surface area contributed by atoms with E-state index in [9.17, 15) is 4.79 Å². The molecule has 1 saturated heterocycles. The van der Waals surface area contributed by atoms with Crippen LogP contribution >= 0.6 is 0 Å². The van der Waals surface area contributed by atoms with E-state index < -0.39 is 12.1 Å². The molecule has 1 aliphatic heterocycles. The Bertz CT molecular complexity index is 184. The highest BCUT2D eigenvalue weighted by Gasteiger charge is 2.46. The van der Waals surface area contributed by atoms with Gasteiger partial charge in [-0.25, -0.2) is 4.79 Å². The van der Waals surface area contributed by atoms with Gasteiger partial charge in [0.05, 0.1) is 6.61 Å². The molecule has 62 valence electrons. The molecule has 2 fully saturated rings. The standard InChI is InChI=1S/C8H12O3/c9-7(10)6-4-8(5-11-6)2-1-3-8/h6H,1-5H2,(H,9,10). The van der Waals surface area contributed by atoms with Gasteiger partial charge in [0, 0.05) is 0 Å². The highest BCUT2D eigenvalue weighted by atomic mass is 16.5. The van der Waals surface area contributed by atoms with Gasteiger partial charge in [-0.05, 0) is 24.7 Å². The Kier molecular flexibility index (Phi) is 1.42. The van der Waals surface area contributed by atoms with Crippen molar-refractivity contribution >= 4 is 5.97 Å². The normalized spacial score (nSPS) is 33.6. The van der Waals surface area contributed by atoms with Crippen LogP contribution in [0.15, 0.2) is 0 Å². The second-order valence-electron chi connectivity index (χ2n) is 3.70. The Morgan fingerprint density at radius 1 is 1.55 bits per heavy atom. The quantitative estimate of drug-likeness (QED) is 0.616. The predicted molar refractivity (Wildman–Crippen MR) is 38.3 cm³/mol. The average Bonchev–Trinajstić information content (AvgIpc) is 2.28. The first-order valence-corrected chi connectivity index (χ1v) is 4.06. The van der Waals surface area contributed by atoms with Crippen molar-refractivity contribution in [3.8, 4) is 0 Å². The molecule has 0 aromatic carbocycles. The zero-order valence-corrected chi connectivity index (χ0v) is 6.38. The molecule has 0 bridgehead atoms. The second-order valence-corrected chi connectivity index (χ2v) is 3.70. The van der Waals surface area contributed by atoms with E-state index in [4.69, 9.17) is 9.84 Å². The third kappa shape index (κ3) is 1.03. The topological polar surface area (TPSA) is 46.5 Å². The molecule has 1 saturated carbocycles. The van der Waals surface area contributed by atoms with E-state index in [1.807, 2.05) is 0 Å². The average molecular weight is 156 g/mol. The summed E-state index contributed by atoms with van der Waals surface area (Å²) < 4.78 is 5.17. The maximum atomic E-state index is 10.5. The van der Waals surface area contributed by atoms with E-state index in [-0.39, 0.29) is 5.41 Å². The summed E-state index contributed by atoms with van der Waals surface area (Å²) in [4.78, 5) is 10.5. The van der Waals surface area contributed by atoms with Crippen LogP contribution in [-0.4, -0.2) is 23.8 Å². The first kappa shape index (κ1) is 7.10. The van der Waals surface area contributed by atoms with Crippen LogP contribution in [0.1, 0.15) is 25.7 Å². The van der Waals surface area contributed by atoms with E-state index in [1.165, 1.54) is 6.42 Å². The molecule has 3 heteroatoms. The summed E-state index contributed by atoms with van der Waals surface area (Å²) in [6.07, 6.45) is 3.79. The van der Waals surface area contributed by atoms with Crippen LogP contribution in [0.2, 0.25) is 0 Å². The lowest BCUT2D eigenvalue weighted by molar-refractivity contribution is -0.147. The van der Waals surface area contributed by atoms with Gasteiger partial charge in [-0.3, -0.25) is 0 Å². The molecule has 0 amide bonds. The summed E-state index contributed by atoms with van der Waals surface area (Å²) >= 11 is 0. The van der Waals surface area contributed by atoms with Crippen molar-refractivity contribution < 1.29 is 14.6 Å². The van der Waals surface area contributed by atoms with E-state index in [2.05, 4.69) is 0 Å². The molecule has 1 atom stereocenters. The molecule has 2 aliphatic rings. The summed E-state index contributed by atoms with van der Waals surface area (Å²) in [5.74, 6) is -0.797. The van der Waals surface area contributed by atoms with Gasteiger partial charge in [-0.1, -0.05) is 6.42 Å². The van der Waals surface area contributed by atoms with Gasteiger partial charge in [0.15, 0.2) is 6.10 Å². The first-order valence-electron chi connectivity index (χ1n) is 4.06. The van der Waals surface area contributed by atoms with Gasteiger partial charge in [-0.2, -0.15) is 0 Å². The van der Waals surface area contributed by atoms with Crippen LogP contribution < -0.4 is 0 Å². The van der Waals surface area contributed by atoms with Crippen LogP contribution in [0, 0.1) is 5.41 Å². The van der Waals surface area contributed by atoms with Gasteiger partial charge in [-0.15, -0.1) is 0 Å². The zero-order chi connectivity index (χ0) is 7.90. The number of rotatable bonds is 1. The zero-order valence-electron chi connectivity index (χ0n) is 6.38. The van der Waals surface area contributed by atoms with Crippen LogP contribution in [-0.2, 0) is 9.53 Å². The Hall–Kier alpha value is -0.570. The summed E-state index contributed by atoms with van der Waals surface area (Å²) in [6, 6.07) is 0. The van der Waals surface area contributed by atoms with Crippen molar-refractivity contribution in [2.45, 2.75) is 31.8 Å². The molecule has 1 heterocycles. The van der Waals surface area contributed by atoms with Crippen LogP contribution in [0.5, 0.6) is 0 Å². The summed E-state index contributed by atoms with van der Waals surface area (Å²) in [6.45, 7) is 0.671. The monoisotopic (exact) mass is 156 g/mol. The summed E-state index contributed by atoms with van der Waals surface area (Å²) in [5.41, 5.74) is 0.267. The van der Waals surface area contributed by atoms with Gasteiger partial charge in [0.1, 0.15) is 0 Å². The predicted octanol–water partition coefficient (Wildman–Crippen LogP) is 1.03. The molecule has 1 unspecified atom stereocenters. The Balaban J connectivity index is 1.98. The molecular weight excluding hydrogens is 144 g/mol. The number of aliphatic carboxylic acids is 1. The third-order valence-electron chi connectivity index (χ3n) is 2.90. The van der Waals surface area contributed by atoms with Crippen molar-refractivity contribution in [2.75, 3.05) is 6.61 Å². The van der Waals surface area contributed by atoms with E-state index in [1.54, 1.807) is 0 Å². The highest BCUT2D eigenvalue weighted by molar-refractivity contribution is 5.72. The molecule has 1 aliphatic carbocycles. The van der Waals surface area contributed by atoms with Crippen LogP contribution in [0.4, 0.5) is 0 Å². The minimum absolute atomic E-state index is 0.267. The maximum Gasteiger partial charge on any atom is 0.332 e. The largest absolute Gasteiger partial charge is 0.479 e. The van der Waals surface area contributed by atoms with Crippen LogP contribution in [0.3, 0.4) is 0 Å². The lowest BCUT2D eigenvalue weighted by Gasteiger charge is -2.36. The number of hydrogen-bond donors (Lipinski definition) is 1. The molecule has 3 nitrogen and oxygen atoms in total. The molecule has 1 N–H and O–H groups in total. The van der Waals surface area contributed by atoms with Gasteiger partial charge in [0.2, 0.25) is 0 Å². The molecule has 0 radical (unpaired) electrons. The lowest BCUT2D eigenvalue weighted by Crippen LogP contribution is -2.30. The summed E-state index contributed by atoms with van der Waals surface area (Å²) in [7, 11) is 0. The SMILES string of the molecule is O=C(O)C1CC2(CCC2)CO1. The van der Waals surface area contributed by atoms with Crippen molar-refractivity contribution in [3.05, 3.63) is 0 Å². The van der Waals surface area contributed by atoms with Crippen molar-refractivity contribution in [1.29, 1.82) is 0 Å². The number of ether oxygens (including phenoxy) is 1. The molecular formula is C8H12O3. The molecule has 2 rings (SSSR count). The maximum absolute atomic E-state index is 10.5. The Labute approximate surface area is 65.4 Å². The third-order valence-corrected chi connectivity index (χ3v) is 2.90. The Morgan fingerprint density at radius 3 is 2.55 bits per heavy atom. The lowest BCUT2D eigenvalue weighted by atomic mass is 9.68. The number of carboxylic acid groups (broad SMARTS) is 1.